The molecule has 1 heterocycles. The van der Waals surface area contributed by atoms with Crippen LogP contribution in [0.3, 0.4) is 0 Å². The van der Waals surface area contributed by atoms with Gasteiger partial charge in [0.05, 0.1) is 0 Å². The first-order chi connectivity index (χ1) is 16.0. The maximum Gasteiger partial charge on any atom is 0.152 e. The Kier molecular flexibility index (Phi) is 9.71. The van der Waals surface area contributed by atoms with E-state index in [2.05, 4.69) is 66.0 Å². The van der Waals surface area contributed by atoms with E-state index in [0.717, 1.165) is 60.8 Å². The first-order valence-electron chi connectivity index (χ1n) is 11.8. The summed E-state index contributed by atoms with van der Waals surface area (Å²) in [5, 5.41) is 20.7. The van der Waals surface area contributed by atoms with Crippen molar-refractivity contribution in [1.82, 2.24) is 10.2 Å². The van der Waals surface area contributed by atoms with E-state index in [1.54, 1.807) is 0 Å². The Labute approximate surface area is 205 Å². The van der Waals surface area contributed by atoms with Gasteiger partial charge >= 0.3 is 0 Å². The average Bonchev–Trinajstić information content (AvgIpc) is 3.46. The van der Waals surface area contributed by atoms with Gasteiger partial charge in [-0.15, -0.1) is 9.45 Å². The number of H-pyrrole nitrogens is 1. The van der Waals surface area contributed by atoms with Gasteiger partial charge in [0.2, 0.25) is 0 Å². The Balaban J connectivity index is 1.67. The van der Waals surface area contributed by atoms with Crippen LogP contribution in [0.5, 0.6) is 0 Å². The lowest BCUT2D eigenvalue weighted by Crippen LogP contribution is -2.06. The molecule has 1 aromatic heterocycles. The van der Waals surface area contributed by atoms with Gasteiger partial charge in [0.25, 0.3) is 0 Å². The standard InChI is InChI=1S/C26H37N3O2S2/c1-5-8-25(31-23(7-3)16-30)20-10-9-19(13-20)24-15-26(29-28-24)27-22-12-11-18(6-2)21(14-22)17-33(4)32/h7-8,11-12,14-15,19-20,30H,5-6,9-10,13,16-17H2,1-4H3,(H2,27,28,29)/b23-7-,25-8+. The molecule has 0 amide bonds. The number of benzene rings is 1. The Hall–Kier alpha value is -1.96. The van der Waals surface area contributed by atoms with E-state index in [1.807, 2.05) is 13.0 Å². The van der Waals surface area contributed by atoms with Crippen LogP contribution in [0.1, 0.15) is 69.2 Å². The van der Waals surface area contributed by atoms with Crippen molar-refractivity contribution in [3.05, 3.63) is 64.8 Å². The fraction of sp³-hybridized carbons (Fsp3) is 0.500. The molecule has 180 valence electrons. The summed E-state index contributed by atoms with van der Waals surface area (Å²) >= 11 is 5.45. The second-order valence-electron chi connectivity index (χ2n) is 8.62. The number of ether oxygens (including phenoxy) is 1. The molecule has 5 nitrogen and oxygen atoms in total. The van der Waals surface area contributed by atoms with Crippen LogP contribution in [0, 0.1) is 5.92 Å². The summed E-state index contributed by atoms with van der Waals surface area (Å²) < 4.78 is 6.03. The zero-order chi connectivity index (χ0) is 23.8. The van der Waals surface area contributed by atoms with Crippen LogP contribution in [0.4, 0.5) is 11.5 Å². The van der Waals surface area contributed by atoms with Gasteiger partial charge in [0, 0.05) is 35.0 Å². The van der Waals surface area contributed by atoms with Crippen molar-refractivity contribution in [3.63, 3.8) is 0 Å². The van der Waals surface area contributed by atoms with Crippen molar-refractivity contribution in [2.45, 2.75) is 64.5 Å². The normalized spacial score (nSPS) is 20.2. The minimum atomic E-state index is -0.0734. The summed E-state index contributed by atoms with van der Waals surface area (Å²) in [7, 11) is -0.0437. The number of aliphatic hydroxyl groups excluding tert-OH is 1. The highest BCUT2D eigenvalue weighted by molar-refractivity contribution is 8.28. The van der Waals surface area contributed by atoms with E-state index in [0.29, 0.717) is 17.6 Å². The number of aryl methyl sites for hydroxylation is 1. The minimum absolute atomic E-state index is 0.0437. The second-order valence-corrected chi connectivity index (χ2v) is 11.8. The minimum Gasteiger partial charge on any atom is -0.464 e. The molecule has 1 aliphatic carbocycles. The smallest absolute Gasteiger partial charge is 0.152 e. The third-order valence-corrected chi connectivity index (χ3v) is 7.29. The van der Waals surface area contributed by atoms with Gasteiger partial charge in [0.15, 0.2) is 5.82 Å². The Bertz CT molecular complexity index is 1010. The molecule has 1 aliphatic rings. The Morgan fingerprint density at radius 3 is 2.79 bits per heavy atom. The number of allylic oxidation sites excluding steroid dienone is 3. The van der Waals surface area contributed by atoms with Crippen LogP contribution in [0.15, 0.2) is 47.9 Å². The lowest BCUT2D eigenvalue weighted by atomic mass is 10.00. The van der Waals surface area contributed by atoms with Crippen molar-refractivity contribution >= 4 is 32.1 Å². The molecular formula is C26H37N3O2S2. The van der Waals surface area contributed by atoms with E-state index in [1.165, 1.54) is 11.1 Å². The number of hydrogen-bond acceptors (Lipinski definition) is 5. The van der Waals surface area contributed by atoms with Crippen LogP contribution in [0.2, 0.25) is 0 Å². The van der Waals surface area contributed by atoms with Crippen LogP contribution in [-0.4, -0.2) is 28.2 Å². The maximum absolute atomic E-state index is 9.48. The van der Waals surface area contributed by atoms with Gasteiger partial charge in [-0.1, -0.05) is 31.1 Å². The Morgan fingerprint density at radius 1 is 1.30 bits per heavy atom. The molecular weight excluding hydrogens is 450 g/mol. The molecule has 3 unspecified atom stereocenters. The topological polar surface area (TPSA) is 70.2 Å². The number of rotatable bonds is 11. The fourth-order valence-electron chi connectivity index (χ4n) is 4.51. The van der Waals surface area contributed by atoms with Crippen LogP contribution >= 0.6 is 0 Å². The van der Waals surface area contributed by atoms with Crippen molar-refractivity contribution in [3.8, 4) is 0 Å². The van der Waals surface area contributed by atoms with Crippen LogP contribution in [-0.2, 0) is 37.6 Å². The highest BCUT2D eigenvalue weighted by Crippen LogP contribution is 2.42. The number of nitrogens with one attached hydrogen (secondary N) is 2. The van der Waals surface area contributed by atoms with Gasteiger partial charge in [-0.2, -0.15) is 5.10 Å². The SMILES string of the molecule is C/C=C(/CO)O/C(=C/CC)C1CCC(c2cc(Nc3ccc(CC)c(CS(C)=S)c3)n[nH]2)C1. The van der Waals surface area contributed by atoms with Crippen molar-refractivity contribution < 1.29 is 9.84 Å². The summed E-state index contributed by atoms with van der Waals surface area (Å²) in [5.41, 5.74) is 4.91. The molecule has 3 atom stereocenters. The summed E-state index contributed by atoms with van der Waals surface area (Å²) in [6.07, 6.45) is 11.2. The van der Waals surface area contributed by atoms with Crippen LogP contribution in [0.25, 0.3) is 0 Å². The summed E-state index contributed by atoms with van der Waals surface area (Å²) in [6.45, 7) is 6.12. The van der Waals surface area contributed by atoms with Crippen molar-refractivity contribution in [2.24, 2.45) is 5.92 Å². The van der Waals surface area contributed by atoms with Gasteiger partial charge in [-0.05, 0) is 80.7 Å². The van der Waals surface area contributed by atoms with Gasteiger partial charge < -0.3 is 15.2 Å². The maximum atomic E-state index is 9.48. The van der Waals surface area contributed by atoms with Crippen molar-refractivity contribution in [2.75, 3.05) is 18.2 Å². The molecule has 0 saturated heterocycles. The molecule has 7 heteroatoms. The molecule has 0 bridgehead atoms. The molecule has 0 radical (unpaired) electrons. The first kappa shape index (κ1) is 25.7. The summed E-state index contributed by atoms with van der Waals surface area (Å²) in [5.74, 6) is 4.16. The quantitative estimate of drug-likeness (QED) is 0.338. The van der Waals surface area contributed by atoms with E-state index < -0.39 is 0 Å². The van der Waals surface area contributed by atoms with Crippen molar-refractivity contribution in [1.29, 1.82) is 0 Å². The largest absolute Gasteiger partial charge is 0.464 e. The molecule has 3 rings (SSSR count). The molecule has 0 aliphatic heterocycles. The number of hydrogen-bond donors (Lipinski definition) is 3. The molecule has 1 saturated carbocycles. The molecule has 1 aromatic carbocycles. The van der Waals surface area contributed by atoms with E-state index in [-0.39, 0.29) is 16.1 Å². The van der Waals surface area contributed by atoms with Gasteiger partial charge in [-0.25, -0.2) is 0 Å². The first-order valence-corrected chi connectivity index (χ1v) is 14.6. The molecule has 0 spiro atoms. The number of aliphatic hydroxyl groups is 1. The zero-order valence-corrected chi connectivity index (χ0v) is 21.8. The third-order valence-electron chi connectivity index (χ3n) is 6.22. The molecule has 33 heavy (non-hydrogen) atoms. The zero-order valence-electron chi connectivity index (χ0n) is 20.2. The molecule has 3 N–H and O–H groups in total. The van der Waals surface area contributed by atoms with E-state index >= 15 is 0 Å². The fourth-order valence-corrected chi connectivity index (χ4v) is 5.60. The highest BCUT2D eigenvalue weighted by atomic mass is 32.8. The molecule has 2 aromatic rings. The number of aromatic nitrogens is 2. The third kappa shape index (κ3) is 7.01. The monoisotopic (exact) mass is 487 g/mol. The lowest BCUT2D eigenvalue weighted by molar-refractivity contribution is 0.190. The van der Waals surface area contributed by atoms with Gasteiger partial charge in [-0.3, -0.25) is 5.10 Å². The van der Waals surface area contributed by atoms with E-state index in [4.69, 9.17) is 15.9 Å². The highest BCUT2D eigenvalue weighted by Gasteiger charge is 2.31. The second kappa shape index (κ2) is 12.5. The lowest BCUT2D eigenvalue weighted by Gasteiger charge is -2.17. The summed E-state index contributed by atoms with van der Waals surface area (Å²) in [4.78, 5) is 0. The van der Waals surface area contributed by atoms with Crippen LogP contribution < -0.4 is 5.32 Å². The summed E-state index contributed by atoms with van der Waals surface area (Å²) in [6, 6.07) is 8.67. The Morgan fingerprint density at radius 2 is 2.12 bits per heavy atom. The van der Waals surface area contributed by atoms with E-state index in [9.17, 15) is 5.11 Å². The molecule has 1 fully saturated rings. The predicted molar refractivity (Wildman–Crippen MR) is 142 cm³/mol. The number of aromatic amines is 1. The van der Waals surface area contributed by atoms with Gasteiger partial charge in [0.1, 0.15) is 18.1 Å². The average molecular weight is 488 g/mol. The number of nitrogens with zero attached hydrogens (tertiary/aromatic N) is 1. The predicted octanol–water partition coefficient (Wildman–Crippen LogP) is 6.02. The number of anilines is 2.